The topological polar surface area (TPSA) is 17.8 Å². The first-order valence-corrected chi connectivity index (χ1v) is 14.9. The average Bonchev–Trinajstić information content (AvgIpc) is 3.56. The third kappa shape index (κ3) is 4.62. The molecule has 4 aromatic carbocycles. The van der Waals surface area contributed by atoms with E-state index in [1.165, 1.54) is 75.7 Å². The van der Waals surface area contributed by atoms with E-state index in [1.807, 2.05) is 6.07 Å². The molecule has 6 aromatic rings. The van der Waals surface area contributed by atoms with Crippen LogP contribution < -0.4 is 0 Å². The smallest absolute Gasteiger partial charge is 0.124 e. The van der Waals surface area contributed by atoms with Gasteiger partial charge in [0.1, 0.15) is 5.01 Å². The highest BCUT2D eigenvalue weighted by molar-refractivity contribution is 7.21. The summed E-state index contributed by atoms with van der Waals surface area (Å²) < 4.78 is 3.58. The summed E-state index contributed by atoms with van der Waals surface area (Å²) in [6.07, 6.45) is 11.3. The van der Waals surface area contributed by atoms with E-state index < -0.39 is 0 Å². The van der Waals surface area contributed by atoms with Gasteiger partial charge in [-0.15, -0.1) is 11.3 Å². The van der Waals surface area contributed by atoms with Gasteiger partial charge in [0.2, 0.25) is 0 Å². The first-order valence-electron chi connectivity index (χ1n) is 14.1. The van der Waals surface area contributed by atoms with Gasteiger partial charge in [-0.2, -0.15) is 0 Å². The fraction of sp³-hybridized carbons (Fsp3) is 0.194. The maximum absolute atomic E-state index is 4.82. The molecule has 2 heterocycles. The summed E-state index contributed by atoms with van der Waals surface area (Å²) in [5.41, 5.74) is 10.00. The molecule has 1 aliphatic carbocycles. The van der Waals surface area contributed by atoms with Crippen LogP contribution in [-0.2, 0) is 7.05 Å². The minimum atomic E-state index is 0.727. The standard InChI is InChI=1S/C36H32N2S/c1-38-33-13-7-5-11-30(33)31(35(38)28-22-20-27(21-23-28)26-9-3-2-4-10-26)24-17-25-15-18-29(19-16-25)36-37-32-12-6-8-14-34(32)39-36/h5-8,11-24,26H,2-4,9-10H2,1H3/b24-17+. The van der Waals surface area contributed by atoms with Crippen LogP contribution in [0.1, 0.15) is 54.7 Å². The summed E-state index contributed by atoms with van der Waals surface area (Å²) in [6, 6.07) is 35.3. The van der Waals surface area contributed by atoms with Crippen molar-refractivity contribution in [2.75, 3.05) is 0 Å². The Morgan fingerprint density at radius 2 is 1.46 bits per heavy atom. The molecule has 1 saturated carbocycles. The van der Waals surface area contributed by atoms with Crippen molar-refractivity contribution < 1.29 is 0 Å². The predicted octanol–water partition coefficient (Wildman–Crippen LogP) is 10.3. The van der Waals surface area contributed by atoms with Crippen LogP contribution in [-0.4, -0.2) is 9.55 Å². The average molecular weight is 525 g/mol. The molecular formula is C36H32N2S. The van der Waals surface area contributed by atoms with Gasteiger partial charge in [-0.1, -0.05) is 110 Å². The summed E-state index contributed by atoms with van der Waals surface area (Å²) in [5, 5.41) is 2.36. The van der Waals surface area contributed by atoms with Crippen LogP contribution in [0.5, 0.6) is 0 Å². The van der Waals surface area contributed by atoms with Gasteiger partial charge in [-0.25, -0.2) is 4.98 Å². The molecule has 0 N–H and O–H groups in total. The molecule has 2 aromatic heterocycles. The summed E-state index contributed by atoms with van der Waals surface area (Å²) in [6.45, 7) is 0. The largest absolute Gasteiger partial charge is 0.343 e. The lowest BCUT2D eigenvalue weighted by atomic mass is 9.84. The van der Waals surface area contributed by atoms with Gasteiger partial charge in [0.15, 0.2) is 0 Å². The van der Waals surface area contributed by atoms with E-state index in [-0.39, 0.29) is 0 Å². The van der Waals surface area contributed by atoms with E-state index in [1.54, 1.807) is 11.3 Å². The first kappa shape index (κ1) is 24.1. The molecule has 2 nitrogen and oxygen atoms in total. The van der Waals surface area contributed by atoms with Crippen LogP contribution in [0.3, 0.4) is 0 Å². The second kappa shape index (κ2) is 10.3. The van der Waals surface area contributed by atoms with Gasteiger partial charge in [-0.3, -0.25) is 0 Å². The third-order valence-corrected chi connectivity index (χ3v) is 9.39. The quantitative estimate of drug-likeness (QED) is 0.219. The normalized spacial score (nSPS) is 14.6. The Hall–Kier alpha value is -3.95. The Labute approximate surface area is 234 Å². The van der Waals surface area contributed by atoms with Crippen molar-refractivity contribution >= 4 is 44.6 Å². The number of fused-ring (bicyclic) bond motifs is 2. The number of benzene rings is 4. The van der Waals surface area contributed by atoms with Gasteiger partial charge in [-0.05, 0) is 53.6 Å². The zero-order chi connectivity index (χ0) is 26.2. The minimum Gasteiger partial charge on any atom is -0.343 e. The lowest BCUT2D eigenvalue weighted by Crippen LogP contribution is -2.04. The van der Waals surface area contributed by atoms with Crippen molar-refractivity contribution in [3.05, 3.63) is 114 Å². The van der Waals surface area contributed by atoms with Crippen LogP contribution in [0.25, 0.3) is 55.1 Å². The molecule has 3 heteroatoms. The van der Waals surface area contributed by atoms with E-state index in [0.717, 1.165) is 22.0 Å². The molecule has 0 atom stereocenters. The number of thiazole rings is 1. The van der Waals surface area contributed by atoms with Gasteiger partial charge in [0, 0.05) is 29.1 Å². The molecule has 7 rings (SSSR count). The van der Waals surface area contributed by atoms with Crippen molar-refractivity contribution in [2.24, 2.45) is 7.05 Å². The zero-order valence-electron chi connectivity index (χ0n) is 22.3. The van der Waals surface area contributed by atoms with Gasteiger partial charge >= 0.3 is 0 Å². The minimum absolute atomic E-state index is 0.727. The van der Waals surface area contributed by atoms with Crippen LogP contribution >= 0.6 is 11.3 Å². The Bertz CT molecular complexity index is 1750. The van der Waals surface area contributed by atoms with Gasteiger partial charge < -0.3 is 4.57 Å². The first-order chi connectivity index (χ1) is 19.2. The number of nitrogens with zero attached hydrogens (tertiary/aromatic N) is 2. The monoisotopic (exact) mass is 524 g/mol. The second-order valence-electron chi connectivity index (χ2n) is 10.7. The van der Waals surface area contributed by atoms with Crippen molar-refractivity contribution in [1.82, 2.24) is 9.55 Å². The van der Waals surface area contributed by atoms with Crippen LogP contribution in [0.2, 0.25) is 0 Å². The molecule has 1 aliphatic rings. The molecule has 0 aliphatic heterocycles. The molecule has 192 valence electrons. The van der Waals surface area contributed by atoms with Crippen molar-refractivity contribution in [2.45, 2.75) is 38.0 Å². The maximum Gasteiger partial charge on any atom is 0.124 e. The summed E-state index contributed by atoms with van der Waals surface area (Å²) >= 11 is 1.75. The summed E-state index contributed by atoms with van der Waals surface area (Å²) in [7, 11) is 2.19. The molecule has 0 bridgehead atoms. The van der Waals surface area contributed by atoms with Crippen LogP contribution in [0.15, 0.2) is 97.1 Å². The van der Waals surface area contributed by atoms with Crippen molar-refractivity contribution in [1.29, 1.82) is 0 Å². The SMILES string of the molecule is Cn1c(-c2ccc(C3CCCCC3)cc2)c(/C=C/c2ccc(-c3nc4ccccc4s3)cc2)c2ccccc21. The second-order valence-corrected chi connectivity index (χ2v) is 11.8. The highest BCUT2D eigenvalue weighted by atomic mass is 32.1. The van der Waals surface area contributed by atoms with Gasteiger partial charge in [0.25, 0.3) is 0 Å². The molecular weight excluding hydrogens is 492 g/mol. The number of aromatic nitrogens is 2. The Kier molecular flexibility index (Phi) is 6.38. The highest BCUT2D eigenvalue weighted by Gasteiger charge is 2.18. The molecule has 0 spiro atoms. The summed E-state index contributed by atoms with van der Waals surface area (Å²) in [4.78, 5) is 4.82. The van der Waals surface area contributed by atoms with Gasteiger partial charge in [0.05, 0.1) is 15.9 Å². The van der Waals surface area contributed by atoms with E-state index in [9.17, 15) is 0 Å². The number of aryl methyl sites for hydroxylation is 1. The highest BCUT2D eigenvalue weighted by Crippen LogP contribution is 2.37. The van der Waals surface area contributed by atoms with E-state index >= 15 is 0 Å². The molecule has 0 radical (unpaired) electrons. The third-order valence-electron chi connectivity index (χ3n) is 8.30. The van der Waals surface area contributed by atoms with E-state index in [4.69, 9.17) is 4.98 Å². The summed E-state index contributed by atoms with van der Waals surface area (Å²) in [5.74, 6) is 0.727. The Morgan fingerprint density at radius 1 is 0.744 bits per heavy atom. The number of hydrogen-bond donors (Lipinski definition) is 0. The van der Waals surface area contributed by atoms with Crippen molar-refractivity contribution in [3.63, 3.8) is 0 Å². The van der Waals surface area contributed by atoms with Crippen molar-refractivity contribution in [3.8, 4) is 21.8 Å². The number of para-hydroxylation sites is 2. The van der Waals surface area contributed by atoms with Crippen LogP contribution in [0, 0.1) is 0 Å². The molecule has 0 amide bonds. The van der Waals surface area contributed by atoms with Crippen LogP contribution in [0.4, 0.5) is 0 Å². The fourth-order valence-corrected chi connectivity index (χ4v) is 7.17. The molecule has 0 saturated heterocycles. The lowest BCUT2D eigenvalue weighted by Gasteiger charge is -2.22. The number of rotatable bonds is 5. The van der Waals surface area contributed by atoms with E-state index in [0.29, 0.717) is 0 Å². The predicted molar refractivity (Wildman–Crippen MR) is 168 cm³/mol. The lowest BCUT2D eigenvalue weighted by molar-refractivity contribution is 0.443. The number of hydrogen-bond acceptors (Lipinski definition) is 2. The molecule has 0 unspecified atom stereocenters. The molecule has 1 fully saturated rings. The maximum atomic E-state index is 4.82. The Morgan fingerprint density at radius 3 is 2.26 bits per heavy atom. The zero-order valence-corrected chi connectivity index (χ0v) is 23.1. The van der Waals surface area contributed by atoms with E-state index in [2.05, 4.69) is 115 Å². The molecule has 39 heavy (non-hydrogen) atoms. The Balaban J connectivity index is 1.22. The fourth-order valence-electron chi connectivity index (χ4n) is 6.20.